The Morgan fingerprint density at radius 3 is 2.57 bits per heavy atom. The molecule has 0 unspecified atom stereocenters. The number of aryl methyl sites for hydroxylation is 1. The first-order valence-corrected chi connectivity index (χ1v) is 10.4. The van der Waals surface area contributed by atoms with Crippen LogP contribution in [0.3, 0.4) is 0 Å². The first-order chi connectivity index (χ1) is 13.6. The summed E-state index contributed by atoms with van der Waals surface area (Å²) in [5.41, 5.74) is 3.46. The van der Waals surface area contributed by atoms with Crippen molar-refractivity contribution in [2.24, 2.45) is 0 Å². The van der Waals surface area contributed by atoms with Gasteiger partial charge in [-0.3, -0.25) is 9.69 Å². The zero-order valence-corrected chi connectivity index (χ0v) is 16.6. The molecule has 6 heteroatoms. The summed E-state index contributed by atoms with van der Waals surface area (Å²) in [7, 11) is 0. The molecule has 0 bridgehead atoms. The highest BCUT2D eigenvalue weighted by Crippen LogP contribution is 2.23. The predicted molar refractivity (Wildman–Crippen MR) is 111 cm³/mol. The fourth-order valence-electron chi connectivity index (χ4n) is 4.34. The number of likely N-dealkylation sites (tertiary alicyclic amines) is 1. The average Bonchev–Trinajstić information content (AvgIpc) is 3.15. The molecule has 2 atom stereocenters. The Labute approximate surface area is 166 Å². The van der Waals surface area contributed by atoms with E-state index in [-0.39, 0.29) is 17.7 Å². The van der Waals surface area contributed by atoms with Crippen LogP contribution in [0.1, 0.15) is 43.4 Å². The van der Waals surface area contributed by atoms with Crippen LogP contribution in [-0.4, -0.2) is 52.1 Å². The van der Waals surface area contributed by atoms with Gasteiger partial charge in [0.1, 0.15) is 0 Å². The third-order valence-corrected chi connectivity index (χ3v) is 6.00. The minimum Gasteiger partial charge on any atom is -0.391 e. The van der Waals surface area contributed by atoms with Crippen molar-refractivity contribution in [3.63, 3.8) is 0 Å². The number of anilines is 1. The van der Waals surface area contributed by atoms with Crippen molar-refractivity contribution in [2.45, 2.75) is 51.3 Å². The van der Waals surface area contributed by atoms with E-state index in [0.29, 0.717) is 6.54 Å². The number of nitrogens with zero attached hydrogens (tertiary/aromatic N) is 4. The smallest absolute Gasteiger partial charge is 0.269 e. The van der Waals surface area contributed by atoms with Gasteiger partial charge in [0.25, 0.3) is 5.56 Å². The van der Waals surface area contributed by atoms with Gasteiger partial charge in [-0.05, 0) is 43.4 Å². The van der Waals surface area contributed by atoms with Crippen LogP contribution in [-0.2, 0) is 13.0 Å². The van der Waals surface area contributed by atoms with E-state index < -0.39 is 0 Å². The number of β-amino-alcohol motifs (C(OH)–C–C–N with tert-alkyl or cyclic N) is 1. The number of aliphatic hydroxyl groups is 1. The highest BCUT2D eigenvalue weighted by molar-refractivity contribution is 5.44. The number of benzene rings is 1. The molecule has 0 spiro atoms. The monoisotopic (exact) mass is 382 g/mol. The van der Waals surface area contributed by atoms with Crippen LogP contribution in [0.15, 0.2) is 41.3 Å². The Bertz CT molecular complexity index is 848. The van der Waals surface area contributed by atoms with Crippen molar-refractivity contribution >= 4 is 5.69 Å². The third kappa shape index (κ3) is 4.28. The second kappa shape index (κ2) is 8.45. The molecule has 2 saturated heterocycles. The fourth-order valence-corrected chi connectivity index (χ4v) is 4.34. The van der Waals surface area contributed by atoms with Crippen LogP contribution in [0.5, 0.6) is 0 Å². The molecular weight excluding hydrogens is 352 g/mol. The van der Waals surface area contributed by atoms with Gasteiger partial charge in [0.2, 0.25) is 0 Å². The van der Waals surface area contributed by atoms with Gasteiger partial charge in [-0.25, -0.2) is 4.68 Å². The number of hydrogen-bond acceptors (Lipinski definition) is 5. The first-order valence-electron chi connectivity index (χ1n) is 10.4. The topological polar surface area (TPSA) is 61.6 Å². The second-order valence-corrected chi connectivity index (χ2v) is 8.09. The second-order valence-electron chi connectivity index (χ2n) is 8.09. The van der Waals surface area contributed by atoms with E-state index in [0.717, 1.165) is 57.5 Å². The number of aliphatic hydroxyl groups excluding tert-OH is 1. The van der Waals surface area contributed by atoms with Crippen molar-refractivity contribution in [2.75, 3.05) is 31.1 Å². The first kappa shape index (κ1) is 19.2. The Hall–Kier alpha value is -2.18. The Kier molecular flexibility index (Phi) is 5.78. The molecule has 0 aliphatic carbocycles. The number of aromatic nitrogens is 2. The molecule has 1 N–H and O–H groups in total. The Morgan fingerprint density at radius 2 is 1.89 bits per heavy atom. The van der Waals surface area contributed by atoms with E-state index in [4.69, 9.17) is 0 Å². The largest absolute Gasteiger partial charge is 0.391 e. The van der Waals surface area contributed by atoms with Crippen LogP contribution in [0, 0.1) is 0 Å². The summed E-state index contributed by atoms with van der Waals surface area (Å²) in [5.74, 6) is 0. The molecule has 2 aromatic rings. The summed E-state index contributed by atoms with van der Waals surface area (Å²) in [6, 6.07) is 10.6. The molecule has 3 heterocycles. The molecule has 2 aliphatic heterocycles. The summed E-state index contributed by atoms with van der Waals surface area (Å²) >= 11 is 0. The standard InChI is InChI=1S/C22H30N4O2/c1-2-17-5-7-18(8-6-17)14-24-10-3-4-19(15-24)26-22(28)12-20(13-23-26)25-11-9-21(27)16-25/h5-8,12-13,19,21,27H,2-4,9-11,14-16H2,1H3/t19-,21-/m0/s1. The summed E-state index contributed by atoms with van der Waals surface area (Å²) < 4.78 is 1.66. The molecular formula is C22H30N4O2. The lowest BCUT2D eigenvalue weighted by molar-refractivity contribution is 0.160. The molecule has 1 aromatic carbocycles. The van der Waals surface area contributed by atoms with Gasteiger partial charge in [-0.15, -0.1) is 0 Å². The third-order valence-electron chi connectivity index (χ3n) is 6.00. The van der Waals surface area contributed by atoms with Crippen molar-refractivity contribution in [3.8, 4) is 0 Å². The van der Waals surface area contributed by atoms with Crippen molar-refractivity contribution in [1.29, 1.82) is 0 Å². The molecule has 0 amide bonds. The van der Waals surface area contributed by atoms with Crippen molar-refractivity contribution in [1.82, 2.24) is 14.7 Å². The SMILES string of the molecule is CCc1ccc(CN2CCC[C@H](n3ncc(N4CC[C@H](O)C4)cc3=O)C2)cc1. The number of rotatable bonds is 5. The molecule has 28 heavy (non-hydrogen) atoms. The number of piperidine rings is 1. The maximum atomic E-state index is 12.7. The maximum absolute atomic E-state index is 12.7. The number of hydrogen-bond donors (Lipinski definition) is 1. The van der Waals surface area contributed by atoms with Gasteiger partial charge in [0.05, 0.1) is 24.0 Å². The lowest BCUT2D eigenvalue weighted by atomic mass is 10.0. The van der Waals surface area contributed by atoms with E-state index in [1.54, 1.807) is 16.9 Å². The van der Waals surface area contributed by atoms with Crippen molar-refractivity contribution < 1.29 is 5.11 Å². The summed E-state index contributed by atoms with van der Waals surface area (Å²) in [5, 5.41) is 14.2. The summed E-state index contributed by atoms with van der Waals surface area (Å²) in [6.45, 7) is 6.36. The fraction of sp³-hybridized carbons (Fsp3) is 0.545. The van der Waals surface area contributed by atoms with Crippen LogP contribution >= 0.6 is 0 Å². The van der Waals surface area contributed by atoms with Crippen molar-refractivity contribution in [3.05, 3.63) is 58.0 Å². The lowest BCUT2D eigenvalue weighted by Gasteiger charge is -2.33. The minimum atomic E-state index is -0.305. The molecule has 1 aromatic heterocycles. The zero-order chi connectivity index (χ0) is 19.5. The van der Waals surface area contributed by atoms with Gasteiger partial charge < -0.3 is 10.0 Å². The van der Waals surface area contributed by atoms with Gasteiger partial charge in [-0.1, -0.05) is 31.2 Å². The molecule has 6 nitrogen and oxygen atoms in total. The van der Waals surface area contributed by atoms with Gasteiger partial charge in [0.15, 0.2) is 0 Å². The predicted octanol–water partition coefficient (Wildman–Crippen LogP) is 2.21. The Balaban J connectivity index is 1.43. The molecule has 0 saturated carbocycles. The van der Waals surface area contributed by atoms with Crippen LogP contribution < -0.4 is 10.5 Å². The summed E-state index contributed by atoms with van der Waals surface area (Å²) in [6.07, 6.45) is 5.35. The molecule has 2 aliphatic rings. The van der Waals surface area contributed by atoms with E-state index in [1.807, 2.05) is 4.90 Å². The lowest BCUT2D eigenvalue weighted by Crippen LogP contribution is -2.40. The van der Waals surface area contributed by atoms with Crippen LogP contribution in [0.4, 0.5) is 5.69 Å². The molecule has 0 radical (unpaired) electrons. The average molecular weight is 383 g/mol. The quantitative estimate of drug-likeness (QED) is 0.859. The minimum absolute atomic E-state index is 0.0435. The van der Waals surface area contributed by atoms with Crippen LogP contribution in [0.25, 0.3) is 0 Å². The van der Waals surface area contributed by atoms with E-state index in [1.165, 1.54) is 11.1 Å². The highest BCUT2D eigenvalue weighted by Gasteiger charge is 2.25. The van der Waals surface area contributed by atoms with E-state index >= 15 is 0 Å². The van der Waals surface area contributed by atoms with Gasteiger partial charge >= 0.3 is 0 Å². The van der Waals surface area contributed by atoms with E-state index in [9.17, 15) is 9.90 Å². The normalized spacial score (nSPS) is 23.3. The Morgan fingerprint density at radius 1 is 1.11 bits per heavy atom. The van der Waals surface area contributed by atoms with Crippen LogP contribution in [0.2, 0.25) is 0 Å². The van der Waals surface area contributed by atoms with Gasteiger partial charge in [0, 0.05) is 32.2 Å². The highest BCUT2D eigenvalue weighted by atomic mass is 16.3. The molecule has 4 rings (SSSR count). The molecule has 2 fully saturated rings. The zero-order valence-electron chi connectivity index (χ0n) is 16.6. The molecule has 150 valence electrons. The summed E-state index contributed by atoms with van der Waals surface area (Å²) in [4.78, 5) is 17.2. The maximum Gasteiger partial charge on any atom is 0.269 e. The van der Waals surface area contributed by atoms with E-state index in [2.05, 4.69) is 41.2 Å². The van der Waals surface area contributed by atoms with Gasteiger partial charge in [-0.2, -0.15) is 5.10 Å².